The van der Waals surface area contributed by atoms with E-state index >= 15 is 0 Å². The van der Waals surface area contributed by atoms with Gasteiger partial charge in [-0.25, -0.2) is 9.13 Å². The Labute approximate surface area is 203 Å². The van der Waals surface area contributed by atoms with Gasteiger partial charge in [0.2, 0.25) is 0 Å². The van der Waals surface area contributed by atoms with Crippen molar-refractivity contribution in [2.75, 3.05) is 13.1 Å². The van der Waals surface area contributed by atoms with E-state index < -0.39 is 0 Å². The number of nitrogens with zero attached hydrogens (tertiary/aromatic N) is 8. The molecule has 8 nitrogen and oxygen atoms in total. The summed E-state index contributed by atoms with van der Waals surface area (Å²) in [5.41, 5.74) is 19.0. The highest BCUT2D eigenvalue weighted by atomic mass is 15.1. The van der Waals surface area contributed by atoms with Gasteiger partial charge in [-0.05, 0) is 47.9 Å². The molecule has 0 bridgehead atoms. The third kappa shape index (κ3) is 12.2. The topological polar surface area (TPSA) is 105 Å². The van der Waals surface area contributed by atoms with E-state index in [1.165, 1.54) is 62.5 Å². The number of aromatic nitrogens is 2. The second-order valence-electron chi connectivity index (χ2n) is 8.80. The van der Waals surface area contributed by atoms with Crippen LogP contribution in [-0.2, 0) is 13.1 Å². The minimum atomic E-state index is 0.628. The van der Waals surface area contributed by atoms with Crippen LogP contribution in [0.5, 0.6) is 0 Å². The molecule has 2 heterocycles. The quantitative estimate of drug-likeness (QED) is 0.0687. The molecule has 0 spiro atoms. The molecule has 0 aliphatic carbocycles. The Morgan fingerprint density at radius 2 is 0.824 bits per heavy atom. The lowest BCUT2D eigenvalue weighted by atomic mass is 10.1. The Hall–Kier alpha value is -3.08. The van der Waals surface area contributed by atoms with Gasteiger partial charge in [0.25, 0.3) is 0 Å². The zero-order chi connectivity index (χ0) is 24.1. The number of azide groups is 2. The molecule has 0 aliphatic rings. The second kappa shape index (κ2) is 18.4. The summed E-state index contributed by atoms with van der Waals surface area (Å²) < 4.78 is 4.54. The summed E-state index contributed by atoms with van der Waals surface area (Å²) in [4.78, 5) is 5.57. The predicted octanol–water partition coefficient (Wildman–Crippen LogP) is 7.23. The first-order valence-electron chi connectivity index (χ1n) is 12.8. The lowest BCUT2D eigenvalue weighted by Gasteiger charge is -2.03. The van der Waals surface area contributed by atoms with Gasteiger partial charge in [0.15, 0.2) is 24.8 Å². The van der Waals surface area contributed by atoms with Crippen molar-refractivity contribution in [3.8, 4) is 11.1 Å². The molecule has 0 saturated carbocycles. The Morgan fingerprint density at radius 1 is 0.500 bits per heavy atom. The minimum Gasteiger partial charge on any atom is -0.205 e. The molecule has 0 aromatic carbocycles. The van der Waals surface area contributed by atoms with Crippen LogP contribution >= 0.6 is 0 Å². The number of hydrogen-bond donors (Lipinski definition) is 0. The maximum Gasteiger partial charge on any atom is 0.169 e. The van der Waals surface area contributed by atoms with Crippen molar-refractivity contribution in [1.82, 2.24) is 0 Å². The van der Waals surface area contributed by atoms with Crippen molar-refractivity contribution >= 4 is 0 Å². The number of hydrogen-bond acceptors (Lipinski definition) is 2. The van der Waals surface area contributed by atoms with E-state index in [1.807, 2.05) is 0 Å². The highest BCUT2D eigenvalue weighted by Crippen LogP contribution is 2.16. The van der Waals surface area contributed by atoms with Gasteiger partial charge in [-0.1, -0.05) is 48.8 Å². The van der Waals surface area contributed by atoms with Crippen LogP contribution in [0.2, 0.25) is 0 Å². The molecule has 182 valence electrons. The second-order valence-corrected chi connectivity index (χ2v) is 8.80. The average molecular weight is 465 g/mol. The molecule has 0 amide bonds. The molecule has 0 fully saturated rings. The lowest BCUT2D eigenvalue weighted by molar-refractivity contribution is -0.697. The van der Waals surface area contributed by atoms with Crippen LogP contribution in [0.4, 0.5) is 0 Å². The molecule has 34 heavy (non-hydrogen) atoms. The van der Waals surface area contributed by atoms with Crippen molar-refractivity contribution in [3.63, 3.8) is 0 Å². The van der Waals surface area contributed by atoms with Crippen LogP contribution in [0, 0.1) is 0 Å². The molecule has 2 aromatic rings. The van der Waals surface area contributed by atoms with E-state index in [-0.39, 0.29) is 0 Å². The summed E-state index contributed by atoms with van der Waals surface area (Å²) in [6.07, 6.45) is 22.9. The van der Waals surface area contributed by atoms with Crippen LogP contribution in [0.15, 0.2) is 59.3 Å². The Morgan fingerprint density at radius 3 is 1.18 bits per heavy atom. The molecular weight excluding hydrogens is 424 g/mol. The largest absolute Gasteiger partial charge is 0.205 e. The van der Waals surface area contributed by atoms with E-state index in [9.17, 15) is 0 Å². The van der Waals surface area contributed by atoms with Gasteiger partial charge in [-0.2, -0.15) is 0 Å². The fourth-order valence-electron chi connectivity index (χ4n) is 4.06. The normalized spacial score (nSPS) is 10.5. The van der Waals surface area contributed by atoms with Crippen LogP contribution in [0.25, 0.3) is 32.0 Å². The zero-order valence-corrected chi connectivity index (χ0v) is 20.5. The van der Waals surface area contributed by atoms with Crippen molar-refractivity contribution in [2.45, 2.75) is 90.1 Å². The highest BCUT2D eigenvalue weighted by Gasteiger charge is 2.06. The third-order valence-corrected chi connectivity index (χ3v) is 6.09. The van der Waals surface area contributed by atoms with E-state index in [0.717, 1.165) is 38.8 Å². The number of aryl methyl sites for hydroxylation is 2. The predicted molar refractivity (Wildman–Crippen MR) is 136 cm³/mol. The van der Waals surface area contributed by atoms with Crippen molar-refractivity contribution in [2.24, 2.45) is 10.2 Å². The van der Waals surface area contributed by atoms with E-state index in [2.05, 4.69) is 78.2 Å². The van der Waals surface area contributed by atoms with Crippen LogP contribution in [0.1, 0.15) is 77.0 Å². The summed E-state index contributed by atoms with van der Waals surface area (Å²) in [6.45, 7) is 3.37. The van der Waals surface area contributed by atoms with Gasteiger partial charge in [0, 0.05) is 60.0 Å². The van der Waals surface area contributed by atoms with Crippen LogP contribution in [-0.4, -0.2) is 13.1 Å². The van der Waals surface area contributed by atoms with Crippen molar-refractivity contribution in [1.29, 1.82) is 0 Å². The molecule has 0 radical (unpaired) electrons. The molecule has 0 atom stereocenters. The van der Waals surface area contributed by atoms with Gasteiger partial charge >= 0.3 is 0 Å². The summed E-state index contributed by atoms with van der Waals surface area (Å²) in [5.74, 6) is 0. The van der Waals surface area contributed by atoms with Crippen LogP contribution in [0.3, 0.4) is 0 Å². The van der Waals surface area contributed by atoms with Gasteiger partial charge in [0.05, 0.1) is 0 Å². The van der Waals surface area contributed by atoms with Gasteiger partial charge in [-0.3, -0.25) is 0 Å². The fourth-order valence-corrected chi connectivity index (χ4v) is 4.06. The van der Waals surface area contributed by atoms with Gasteiger partial charge in [-0.15, -0.1) is 0 Å². The van der Waals surface area contributed by atoms with Crippen molar-refractivity contribution in [3.05, 3.63) is 69.9 Å². The first-order chi connectivity index (χ1) is 16.8. The first kappa shape index (κ1) is 27.2. The molecule has 2 aromatic heterocycles. The Balaban J connectivity index is 1.59. The number of unbranched alkanes of at least 4 members (excludes halogenated alkanes) is 10. The van der Waals surface area contributed by atoms with Gasteiger partial charge < -0.3 is 0 Å². The average Bonchev–Trinajstić information content (AvgIpc) is 2.87. The fraction of sp³-hybridized carbons (Fsp3) is 0.615. The Bertz CT molecular complexity index is 807. The van der Waals surface area contributed by atoms with E-state index in [4.69, 9.17) is 11.1 Å². The molecular formula is C26H40N8+2. The van der Waals surface area contributed by atoms with Crippen LogP contribution < -0.4 is 9.13 Å². The molecule has 0 aliphatic heterocycles. The summed E-state index contributed by atoms with van der Waals surface area (Å²) in [7, 11) is 0. The SMILES string of the molecule is [N-]=[N+]=NCCCCCCCC[n+]1ccc(-c2cc[n+](CCCCCCCCN=[N+]=[N-])cc2)cc1. The first-order valence-corrected chi connectivity index (χ1v) is 12.8. The standard InChI is InChI=1S/C26H40N8/c27-31-29-17-9-5-1-3-7-11-19-33-21-13-25(14-22-33)26-15-23-34(24-16-26)20-12-8-4-2-6-10-18-30-32-28/h13-16,21-24H,1-12,17-20H2/q+2. The molecule has 2 rings (SSSR count). The molecule has 8 heteroatoms. The lowest BCUT2D eigenvalue weighted by Crippen LogP contribution is -2.33. The number of rotatable bonds is 19. The summed E-state index contributed by atoms with van der Waals surface area (Å²) in [5, 5.41) is 7.15. The zero-order valence-electron chi connectivity index (χ0n) is 20.5. The van der Waals surface area contributed by atoms with E-state index in [0.29, 0.717) is 13.1 Å². The monoisotopic (exact) mass is 464 g/mol. The maximum absolute atomic E-state index is 8.26. The van der Waals surface area contributed by atoms with Gasteiger partial charge in [0.1, 0.15) is 13.1 Å². The Kier molecular flexibility index (Phi) is 14.7. The van der Waals surface area contributed by atoms with E-state index in [1.54, 1.807) is 0 Å². The molecule has 0 N–H and O–H groups in total. The molecule has 0 unspecified atom stereocenters. The number of pyridine rings is 2. The minimum absolute atomic E-state index is 0.628. The van der Waals surface area contributed by atoms with Crippen molar-refractivity contribution < 1.29 is 9.13 Å². The maximum atomic E-state index is 8.26. The smallest absolute Gasteiger partial charge is 0.169 e. The third-order valence-electron chi connectivity index (χ3n) is 6.09. The summed E-state index contributed by atoms with van der Waals surface area (Å²) >= 11 is 0. The molecule has 0 saturated heterocycles. The summed E-state index contributed by atoms with van der Waals surface area (Å²) in [6, 6.07) is 8.82. The highest BCUT2D eigenvalue weighted by molar-refractivity contribution is 5.60.